The van der Waals surface area contributed by atoms with Gasteiger partial charge in [-0.05, 0) is 58.1 Å². The van der Waals surface area contributed by atoms with E-state index in [1.807, 2.05) is 24.0 Å². The van der Waals surface area contributed by atoms with Gasteiger partial charge in [0.2, 0.25) is 5.91 Å². The number of rotatable bonds is 16. The molecule has 0 saturated carbocycles. The van der Waals surface area contributed by atoms with Crippen molar-refractivity contribution < 1.29 is 14.3 Å². The first-order chi connectivity index (χ1) is 19.9. The van der Waals surface area contributed by atoms with Gasteiger partial charge in [0.05, 0.1) is 13.2 Å². The number of nitrogens with zero attached hydrogens (tertiary/aromatic N) is 3. The summed E-state index contributed by atoms with van der Waals surface area (Å²) in [5, 5.41) is 0. The van der Waals surface area contributed by atoms with Crippen molar-refractivity contribution in [1.82, 2.24) is 9.80 Å². The van der Waals surface area contributed by atoms with E-state index >= 15 is 0 Å². The molecule has 1 amide bonds. The molecular formula is C35H59N3O3. The molecule has 0 aliphatic carbocycles. The van der Waals surface area contributed by atoms with E-state index in [-0.39, 0.29) is 11.9 Å². The fourth-order valence-electron chi connectivity index (χ4n) is 4.92. The van der Waals surface area contributed by atoms with Crippen LogP contribution in [0.1, 0.15) is 109 Å². The maximum absolute atomic E-state index is 13.2. The molecule has 1 aliphatic heterocycles. The lowest BCUT2D eigenvalue weighted by molar-refractivity contribution is -0.132. The standard InChI is InChI=1S/C31H49N3O3.C4H10/c1-6-9-10-14-29-16-15-28(25-35)23-30(29)34(27(5)13-8-3)19-18-33(26(4)12-7-2)24-31(36)32-17-11-21-37-22-20-32;1-3-4-2/h8,12-13,15-16,23,25,27H,6-7,9-11,14,17-22,24H2,1-5H3;3-4H2,1-2H3/b13-8+,26-12+;. The molecule has 0 N–H and O–H groups in total. The van der Waals surface area contributed by atoms with E-state index in [2.05, 4.69) is 75.6 Å². The first-order valence-corrected chi connectivity index (χ1v) is 16.1. The highest BCUT2D eigenvalue weighted by Crippen LogP contribution is 2.27. The van der Waals surface area contributed by atoms with Gasteiger partial charge in [0.25, 0.3) is 0 Å². The highest BCUT2D eigenvalue weighted by atomic mass is 16.5. The summed E-state index contributed by atoms with van der Waals surface area (Å²) in [6.45, 7) is 19.6. The molecule has 1 saturated heterocycles. The SMILES string of the molecule is C/C=C/C(C)N(CCN(CC(=O)N1CCCOCC1)/C(C)=C/CC)c1cc(C=O)ccc1CCCCC.CCCC. The Bertz CT molecular complexity index is 917. The summed E-state index contributed by atoms with van der Waals surface area (Å²) >= 11 is 0. The van der Waals surface area contributed by atoms with Gasteiger partial charge in [-0.3, -0.25) is 9.59 Å². The lowest BCUT2D eigenvalue weighted by Gasteiger charge is -2.35. The Morgan fingerprint density at radius 1 is 1.05 bits per heavy atom. The highest BCUT2D eigenvalue weighted by Gasteiger charge is 2.22. The monoisotopic (exact) mass is 569 g/mol. The molecule has 0 spiro atoms. The molecule has 1 aliphatic rings. The van der Waals surface area contributed by atoms with Crippen LogP contribution in [0.15, 0.2) is 42.1 Å². The van der Waals surface area contributed by atoms with Crippen molar-refractivity contribution in [1.29, 1.82) is 0 Å². The Kier molecular flexibility index (Phi) is 19.6. The molecule has 1 aromatic rings. The zero-order valence-electron chi connectivity index (χ0n) is 27.3. The number of allylic oxidation sites excluding steroid dienone is 3. The number of aryl methyl sites for hydroxylation is 1. The van der Waals surface area contributed by atoms with Crippen molar-refractivity contribution in [3.05, 3.63) is 53.3 Å². The number of aldehydes is 1. The van der Waals surface area contributed by atoms with Crippen LogP contribution in [-0.4, -0.2) is 74.0 Å². The smallest absolute Gasteiger partial charge is 0.242 e. The molecule has 0 radical (unpaired) electrons. The van der Waals surface area contributed by atoms with Gasteiger partial charge in [0.1, 0.15) is 6.29 Å². The van der Waals surface area contributed by atoms with Gasteiger partial charge < -0.3 is 19.4 Å². The second kappa shape index (κ2) is 22.1. The van der Waals surface area contributed by atoms with Crippen molar-refractivity contribution in [3.63, 3.8) is 0 Å². The highest BCUT2D eigenvalue weighted by molar-refractivity contribution is 5.79. The third kappa shape index (κ3) is 13.7. The molecule has 1 fully saturated rings. The largest absolute Gasteiger partial charge is 0.380 e. The number of benzene rings is 1. The summed E-state index contributed by atoms with van der Waals surface area (Å²) in [6.07, 6.45) is 16.4. The molecular weight excluding hydrogens is 510 g/mol. The number of carbonyl (C=O) groups excluding carboxylic acids is 2. The maximum Gasteiger partial charge on any atom is 0.242 e. The van der Waals surface area contributed by atoms with Gasteiger partial charge in [-0.25, -0.2) is 0 Å². The van der Waals surface area contributed by atoms with Gasteiger partial charge >= 0.3 is 0 Å². The predicted molar refractivity (Wildman–Crippen MR) is 175 cm³/mol. The third-order valence-electron chi connectivity index (χ3n) is 7.58. The zero-order chi connectivity index (χ0) is 30.5. The number of anilines is 1. The quantitative estimate of drug-likeness (QED) is 0.116. The summed E-state index contributed by atoms with van der Waals surface area (Å²) in [4.78, 5) is 31.5. The van der Waals surface area contributed by atoms with Crippen molar-refractivity contribution in [3.8, 4) is 0 Å². The summed E-state index contributed by atoms with van der Waals surface area (Å²) in [6, 6.07) is 6.25. The van der Waals surface area contributed by atoms with Crippen molar-refractivity contribution in [2.75, 3.05) is 50.8 Å². The summed E-state index contributed by atoms with van der Waals surface area (Å²) in [7, 11) is 0. The van der Waals surface area contributed by atoms with Crippen LogP contribution in [0.5, 0.6) is 0 Å². The fraction of sp³-hybridized carbons (Fsp3) is 0.657. The Morgan fingerprint density at radius 2 is 1.80 bits per heavy atom. The van der Waals surface area contributed by atoms with E-state index in [0.29, 0.717) is 25.3 Å². The van der Waals surface area contributed by atoms with Crippen LogP contribution < -0.4 is 4.90 Å². The molecule has 0 aromatic heterocycles. The lowest BCUT2D eigenvalue weighted by Crippen LogP contribution is -2.44. The van der Waals surface area contributed by atoms with E-state index in [9.17, 15) is 9.59 Å². The second-order valence-electron chi connectivity index (χ2n) is 10.9. The molecule has 6 heteroatoms. The van der Waals surface area contributed by atoms with Gasteiger partial charge in [-0.1, -0.05) is 83.7 Å². The van der Waals surface area contributed by atoms with Gasteiger partial charge in [0.15, 0.2) is 0 Å². The normalized spacial score (nSPS) is 14.7. The van der Waals surface area contributed by atoms with Crippen molar-refractivity contribution >= 4 is 17.9 Å². The summed E-state index contributed by atoms with van der Waals surface area (Å²) < 4.78 is 5.55. The molecule has 6 nitrogen and oxygen atoms in total. The number of carbonyl (C=O) groups is 2. The number of amides is 1. The van der Waals surface area contributed by atoms with E-state index < -0.39 is 0 Å². The minimum absolute atomic E-state index is 0.158. The molecule has 232 valence electrons. The van der Waals surface area contributed by atoms with Crippen molar-refractivity contribution in [2.24, 2.45) is 0 Å². The number of hydrogen-bond acceptors (Lipinski definition) is 5. The Hall–Kier alpha value is -2.60. The maximum atomic E-state index is 13.2. The Balaban J connectivity index is 0.00000196. The molecule has 0 bridgehead atoms. The van der Waals surface area contributed by atoms with Crippen molar-refractivity contribution in [2.45, 2.75) is 106 Å². The number of unbranched alkanes of at least 4 members (excludes halogenated alkanes) is 3. The molecule has 1 atom stereocenters. The second-order valence-corrected chi connectivity index (χ2v) is 10.9. The van der Waals surface area contributed by atoms with Crippen LogP contribution in [-0.2, 0) is 16.0 Å². The summed E-state index contributed by atoms with van der Waals surface area (Å²) in [5.41, 5.74) is 4.23. The molecule has 1 heterocycles. The molecule has 1 unspecified atom stereocenters. The van der Waals surface area contributed by atoms with Crippen LogP contribution in [0.2, 0.25) is 0 Å². The first kappa shape index (κ1) is 36.4. The van der Waals surface area contributed by atoms with E-state index in [4.69, 9.17) is 4.74 Å². The minimum Gasteiger partial charge on any atom is -0.380 e. The average molecular weight is 570 g/mol. The van der Waals surface area contributed by atoms with Gasteiger partial charge in [0, 0.05) is 55.8 Å². The topological polar surface area (TPSA) is 53.1 Å². The molecule has 41 heavy (non-hydrogen) atoms. The van der Waals surface area contributed by atoms with E-state index in [1.54, 1.807) is 0 Å². The molecule has 2 rings (SSSR count). The van der Waals surface area contributed by atoms with Crippen LogP contribution in [0.4, 0.5) is 5.69 Å². The number of ether oxygens (including phenoxy) is 1. The predicted octanol–water partition coefficient (Wildman–Crippen LogP) is 7.67. The lowest BCUT2D eigenvalue weighted by atomic mass is 10.0. The van der Waals surface area contributed by atoms with Crippen LogP contribution in [0.25, 0.3) is 0 Å². The zero-order valence-corrected chi connectivity index (χ0v) is 27.3. The molecule has 1 aromatic carbocycles. The Labute approximate surface area is 251 Å². The number of hydrogen-bond donors (Lipinski definition) is 0. The van der Waals surface area contributed by atoms with E-state index in [0.717, 1.165) is 69.6 Å². The first-order valence-electron chi connectivity index (χ1n) is 16.1. The summed E-state index contributed by atoms with van der Waals surface area (Å²) in [5.74, 6) is 0.158. The van der Waals surface area contributed by atoms with Crippen LogP contribution in [0, 0.1) is 0 Å². The average Bonchev–Trinajstić information content (AvgIpc) is 3.27. The minimum atomic E-state index is 0.158. The fourth-order valence-corrected chi connectivity index (χ4v) is 4.92. The van der Waals surface area contributed by atoms with Gasteiger partial charge in [-0.15, -0.1) is 0 Å². The third-order valence-corrected chi connectivity index (χ3v) is 7.58. The Morgan fingerprint density at radius 3 is 2.44 bits per heavy atom. The van der Waals surface area contributed by atoms with Crippen LogP contribution in [0.3, 0.4) is 0 Å². The van der Waals surface area contributed by atoms with E-state index in [1.165, 1.54) is 31.2 Å². The van der Waals surface area contributed by atoms with Gasteiger partial charge in [-0.2, -0.15) is 0 Å². The van der Waals surface area contributed by atoms with Crippen LogP contribution >= 0.6 is 0 Å².